The van der Waals surface area contributed by atoms with Crippen molar-refractivity contribution in [2.75, 3.05) is 26.4 Å². The van der Waals surface area contributed by atoms with E-state index in [1.807, 2.05) is 13.8 Å². The van der Waals surface area contributed by atoms with E-state index in [4.69, 9.17) is 15.2 Å². The maximum atomic E-state index is 9.25. The highest BCUT2D eigenvalue weighted by molar-refractivity contribution is 4.98. The molecule has 0 aliphatic heterocycles. The van der Waals surface area contributed by atoms with Gasteiger partial charge < -0.3 is 20.3 Å². The number of ether oxygens (including phenoxy) is 2. The SMILES string of the molecule is CCOCC(C)OCC(N)(CO)C1CC1. The normalized spacial score (nSPS) is 22.4. The quantitative estimate of drug-likeness (QED) is 0.622. The van der Waals surface area contributed by atoms with Gasteiger partial charge in [-0.3, -0.25) is 0 Å². The second kappa shape index (κ2) is 5.80. The number of hydrogen-bond donors (Lipinski definition) is 2. The molecule has 90 valence electrons. The minimum Gasteiger partial charge on any atom is -0.394 e. The summed E-state index contributed by atoms with van der Waals surface area (Å²) in [6.07, 6.45) is 2.26. The molecular weight excluding hydrogens is 194 g/mol. The van der Waals surface area contributed by atoms with Crippen molar-refractivity contribution in [3.8, 4) is 0 Å². The zero-order chi connectivity index (χ0) is 11.3. The molecule has 4 nitrogen and oxygen atoms in total. The van der Waals surface area contributed by atoms with E-state index < -0.39 is 5.54 Å². The van der Waals surface area contributed by atoms with Crippen LogP contribution in [0, 0.1) is 5.92 Å². The van der Waals surface area contributed by atoms with Gasteiger partial charge in [-0.15, -0.1) is 0 Å². The number of nitrogens with two attached hydrogens (primary N) is 1. The van der Waals surface area contributed by atoms with Crippen molar-refractivity contribution in [3.05, 3.63) is 0 Å². The average Bonchev–Trinajstić information content (AvgIpc) is 3.06. The van der Waals surface area contributed by atoms with Gasteiger partial charge in [0.2, 0.25) is 0 Å². The van der Waals surface area contributed by atoms with Gasteiger partial charge in [0.05, 0.1) is 31.5 Å². The Labute approximate surface area is 91.7 Å². The largest absolute Gasteiger partial charge is 0.394 e. The van der Waals surface area contributed by atoms with Crippen molar-refractivity contribution in [3.63, 3.8) is 0 Å². The number of hydrogen-bond acceptors (Lipinski definition) is 4. The molecule has 0 aromatic heterocycles. The molecule has 0 saturated heterocycles. The molecule has 15 heavy (non-hydrogen) atoms. The summed E-state index contributed by atoms with van der Waals surface area (Å²) in [5, 5.41) is 9.25. The fourth-order valence-electron chi connectivity index (χ4n) is 1.58. The number of rotatable bonds is 8. The van der Waals surface area contributed by atoms with Crippen LogP contribution in [0.3, 0.4) is 0 Å². The Morgan fingerprint density at radius 3 is 2.67 bits per heavy atom. The van der Waals surface area contributed by atoms with Crippen molar-refractivity contribution in [2.45, 2.75) is 38.3 Å². The van der Waals surface area contributed by atoms with Crippen molar-refractivity contribution in [1.82, 2.24) is 0 Å². The van der Waals surface area contributed by atoms with E-state index in [0.29, 0.717) is 25.7 Å². The Bertz CT molecular complexity index is 185. The van der Waals surface area contributed by atoms with Crippen molar-refractivity contribution < 1.29 is 14.6 Å². The molecule has 0 aromatic rings. The molecule has 4 heteroatoms. The van der Waals surface area contributed by atoms with Crippen molar-refractivity contribution in [1.29, 1.82) is 0 Å². The van der Waals surface area contributed by atoms with Crippen LogP contribution in [0.4, 0.5) is 0 Å². The smallest absolute Gasteiger partial charge is 0.0781 e. The van der Waals surface area contributed by atoms with Gasteiger partial charge in [0, 0.05) is 6.61 Å². The lowest BCUT2D eigenvalue weighted by molar-refractivity contribution is -0.0354. The molecule has 1 saturated carbocycles. The lowest BCUT2D eigenvalue weighted by Gasteiger charge is -2.28. The third-order valence-corrected chi connectivity index (χ3v) is 2.88. The maximum Gasteiger partial charge on any atom is 0.0781 e. The molecule has 1 fully saturated rings. The van der Waals surface area contributed by atoms with Crippen LogP contribution in [0.15, 0.2) is 0 Å². The molecule has 0 spiro atoms. The monoisotopic (exact) mass is 217 g/mol. The van der Waals surface area contributed by atoms with Crippen LogP contribution in [-0.2, 0) is 9.47 Å². The zero-order valence-corrected chi connectivity index (χ0v) is 9.74. The van der Waals surface area contributed by atoms with Gasteiger partial charge in [0.15, 0.2) is 0 Å². The van der Waals surface area contributed by atoms with Crippen LogP contribution >= 0.6 is 0 Å². The molecule has 1 aliphatic carbocycles. The lowest BCUT2D eigenvalue weighted by atomic mass is 9.97. The Hall–Kier alpha value is -0.160. The average molecular weight is 217 g/mol. The van der Waals surface area contributed by atoms with Crippen molar-refractivity contribution in [2.24, 2.45) is 11.7 Å². The van der Waals surface area contributed by atoms with Gasteiger partial charge in [-0.1, -0.05) is 0 Å². The number of aliphatic hydroxyl groups is 1. The Morgan fingerprint density at radius 2 is 2.20 bits per heavy atom. The molecule has 0 radical (unpaired) electrons. The summed E-state index contributed by atoms with van der Waals surface area (Å²) in [4.78, 5) is 0. The molecule has 2 unspecified atom stereocenters. The van der Waals surface area contributed by atoms with Crippen LogP contribution in [-0.4, -0.2) is 43.2 Å². The van der Waals surface area contributed by atoms with Crippen LogP contribution in [0.5, 0.6) is 0 Å². The third kappa shape index (κ3) is 4.07. The summed E-state index contributed by atoms with van der Waals surface area (Å²) in [5.41, 5.74) is 5.52. The number of aliphatic hydroxyl groups excluding tert-OH is 1. The molecule has 1 aliphatic rings. The van der Waals surface area contributed by atoms with E-state index in [1.54, 1.807) is 0 Å². The Kier molecular flexibility index (Phi) is 4.99. The van der Waals surface area contributed by atoms with E-state index in [2.05, 4.69) is 0 Å². The summed E-state index contributed by atoms with van der Waals surface area (Å²) in [6.45, 7) is 5.62. The Morgan fingerprint density at radius 1 is 1.53 bits per heavy atom. The fraction of sp³-hybridized carbons (Fsp3) is 1.00. The van der Waals surface area contributed by atoms with E-state index in [9.17, 15) is 5.11 Å². The summed E-state index contributed by atoms with van der Waals surface area (Å²) >= 11 is 0. The van der Waals surface area contributed by atoms with Crippen LogP contribution < -0.4 is 5.73 Å². The van der Waals surface area contributed by atoms with E-state index >= 15 is 0 Å². The highest BCUT2D eigenvalue weighted by atomic mass is 16.5. The summed E-state index contributed by atoms with van der Waals surface area (Å²) in [6, 6.07) is 0. The zero-order valence-electron chi connectivity index (χ0n) is 9.74. The van der Waals surface area contributed by atoms with Crippen LogP contribution in [0.1, 0.15) is 26.7 Å². The second-order valence-electron chi connectivity index (χ2n) is 4.45. The van der Waals surface area contributed by atoms with Crippen LogP contribution in [0.2, 0.25) is 0 Å². The fourth-order valence-corrected chi connectivity index (χ4v) is 1.58. The first kappa shape index (κ1) is 12.9. The predicted octanol–water partition coefficient (Wildman–Crippen LogP) is 0.528. The van der Waals surface area contributed by atoms with Gasteiger partial charge in [0.25, 0.3) is 0 Å². The molecule has 1 rings (SSSR count). The summed E-state index contributed by atoms with van der Waals surface area (Å²) in [5.74, 6) is 0.432. The van der Waals surface area contributed by atoms with Crippen LogP contribution in [0.25, 0.3) is 0 Å². The highest BCUT2D eigenvalue weighted by Crippen LogP contribution is 2.38. The minimum absolute atomic E-state index is 0.000971. The first-order valence-electron chi connectivity index (χ1n) is 5.71. The summed E-state index contributed by atoms with van der Waals surface area (Å²) in [7, 11) is 0. The molecule has 0 amide bonds. The van der Waals surface area contributed by atoms with E-state index in [1.165, 1.54) is 0 Å². The highest BCUT2D eigenvalue weighted by Gasteiger charge is 2.42. The van der Waals surface area contributed by atoms with E-state index in [0.717, 1.165) is 12.8 Å². The van der Waals surface area contributed by atoms with Gasteiger partial charge >= 0.3 is 0 Å². The molecular formula is C11H23NO3. The van der Waals surface area contributed by atoms with Gasteiger partial charge in [-0.25, -0.2) is 0 Å². The molecule has 0 aromatic carbocycles. The standard InChI is InChI=1S/C11H23NO3/c1-3-14-6-9(2)15-8-11(12,7-13)10-4-5-10/h9-10,13H,3-8,12H2,1-2H3. The lowest BCUT2D eigenvalue weighted by Crippen LogP contribution is -2.51. The second-order valence-corrected chi connectivity index (χ2v) is 4.45. The van der Waals surface area contributed by atoms with Crippen molar-refractivity contribution >= 4 is 0 Å². The minimum atomic E-state index is -0.541. The predicted molar refractivity (Wildman–Crippen MR) is 58.6 cm³/mol. The Balaban J connectivity index is 2.21. The first-order chi connectivity index (χ1) is 7.12. The first-order valence-corrected chi connectivity index (χ1v) is 5.71. The summed E-state index contributed by atoms with van der Waals surface area (Å²) < 4.78 is 10.8. The molecule has 2 atom stereocenters. The molecule has 0 bridgehead atoms. The van der Waals surface area contributed by atoms with Gasteiger partial charge in [0.1, 0.15) is 0 Å². The maximum absolute atomic E-state index is 9.25. The topological polar surface area (TPSA) is 64.7 Å². The third-order valence-electron chi connectivity index (χ3n) is 2.88. The van der Waals surface area contributed by atoms with Gasteiger partial charge in [-0.05, 0) is 32.6 Å². The molecule has 0 heterocycles. The van der Waals surface area contributed by atoms with Gasteiger partial charge in [-0.2, -0.15) is 0 Å². The van der Waals surface area contributed by atoms with E-state index in [-0.39, 0.29) is 12.7 Å². The molecule has 3 N–H and O–H groups in total.